The van der Waals surface area contributed by atoms with Gasteiger partial charge in [-0.15, -0.1) is 5.92 Å². The monoisotopic (exact) mass is 388 g/mol. The molecule has 0 fully saturated rings. The van der Waals surface area contributed by atoms with Gasteiger partial charge in [0.2, 0.25) is 0 Å². The van der Waals surface area contributed by atoms with Gasteiger partial charge in [0.25, 0.3) is 0 Å². The average molecular weight is 389 g/mol. The van der Waals surface area contributed by atoms with Crippen LogP contribution in [0.3, 0.4) is 0 Å². The Morgan fingerprint density at radius 3 is 2.15 bits per heavy atom. The molecule has 0 aliphatic rings. The number of unbranched alkanes of at least 4 members (excludes halogenated alkanes) is 2. The van der Waals surface area contributed by atoms with Crippen LogP contribution in [0.5, 0.6) is 0 Å². The van der Waals surface area contributed by atoms with Gasteiger partial charge in [0.05, 0.1) is 22.3 Å². The fourth-order valence-electron chi connectivity index (χ4n) is 3.01. The van der Waals surface area contributed by atoms with Crippen LogP contribution in [0.4, 0.5) is 0 Å². The van der Waals surface area contributed by atoms with Crippen molar-refractivity contribution in [2.45, 2.75) is 51.7 Å². The standard InChI is InChI=1S/C22H32O4Si/c1-6-7-9-13-18(20(21(23)25-2)22(24)26-3)14-12-17-27(4,5)19-15-10-8-11-16-19/h8,10-11,15-16,18,20H,6-7,9,13,17H2,1-5H3. The average Bonchev–Trinajstić information content (AvgIpc) is 2.68. The minimum absolute atomic E-state index is 0.378. The van der Waals surface area contributed by atoms with E-state index in [1.807, 2.05) is 6.07 Å². The van der Waals surface area contributed by atoms with Crippen molar-refractivity contribution < 1.29 is 19.1 Å². The third-order valence-corrected chi connectivity index (χ3v) is 7.76. The highest BCUT2D eigenvalue weighted by atomic mass is 28.3. The van der Waals surface area contributed by atoms with Crippen LogP contribution in [-0.2, 0) is 19.1 Å². The van der Waals surface area contributed by atoms with E-state index in [0.717, 1.165) is 25.3 Å². The zero-order chi connectivity index (χ0) is 20.3. The maximum absolute atomic E-state index is 12.2. The summed E-state index contributed by atoms with van der Waals surface area (Å²) in [6, 6.07) is 11.2. The van der Waals surface area contributed by atoms with E-state index in [1.165, 1.54) is 19.4 Å². The van der Waals surface area contributed by atoms with Gasteiger partial charge in [-0.3, -0.25) is 9.59 Å². The summed E-state index contributed by atoms with van der Waals surface area (Å²) in [7, 11) is 0.888. The second-order valence-electron chi connectivity index (χ2n) is 7.37. The molecular weight excluding hydrogens is 356 g/mol. The predicted molar refractivity (Wildman–Crippen MR) is 111 cm³/mol. The Kier molecular flexibility index (Phi) is 9.88. The first kappa shape index (κ1) is 23.0. The highest BCUT2D eigenvalue weighted by Crippen LogP contribution is 2.22. The smallest absolute Gasteiger partial charge is 0.321 e. The molecule has 0 saturated heterocycles. The van der Waals surface area contributed by atoms with E-state index in [4.69, 9.17) is 9.47 Å². The molecule has 148 valence electrons. The minimum atomic E-state index is -1.70. The van der Waals surface area contributed by atoms with Crippen molar-refractivity contribution in [1.82, 2.24) is 0 Å². The van der Waals surface area contributed by atoms with Gasteiger partial charge < -0.3 is 9.47 Å². The van der Waals surface area contributed by atoms with Gasteiger partial charge >= 0.3 is 11.9 Å². The molecule has 1 atom stereocenters. The molecule has 27 heavy (non-hydrogen) atoms. The summed E-state index contributed by atoms with van der Waals surface area (Å²) in [5.41, 5.74) is 0. The minimum Gasteiger partial charge on any atom is -0.468 e. The number of carbonyl (C=O) groups excluding carboxylic acids is 2. The maximum atomic E-state index is 12.2. The van der Waals surface area contributed by atoms with Crippen LogP contribution in [0.1, 0.15) is 32.6 Å². The number of methoxy groups -OCH3 is 2. The van der Waals surface area contributed by atoms with Crippen molar-refractivity contribution in [3.63, 3.8) is 0 Å². The van der Waals surface area contributed by atoms with Crippen LogP contribution in [0, 0.1) is 23.7 Å². The molecule has 0 N–H and O–H groups in total. The molecule has 0 heterocycles. The zero-order valence-corrected chi connectivity index (χ0v) is 18.2. The summed E-state index contributed by atoms with van der Waals surface area (Å²) >= 11 is 0. The first-order chi connectivity index (χ1) is 12.9. The Labute approximate surface area is 164 Å². The molecular formula is C22H32O4Si. The van der Waals surface area contributed by atoms with Gasteiger partial charge in [-0.1, -0.05) is 80.7 Å². The van der Waals surface area contributed by atoms with Crippen LogP contribution >= 0.6 is 0 Å². The molecule has 0 aromatic heterocycles. The Morgan fingerprint density at radius 1 is 1.04 bits per heavy atom. The Balaban J connectivity index is 3.02. The first-order valence-electron chi connectivity index (χ1n) is 9.57. The highest BCUT2D eigenvalue weighted by Gasteiger charge is 2.36. The third kappa shape index (κ3) is 7.22. The Hall–Kier alpha value is -2.06. The van der Waals surface area contributed by atoms with E-state index < -0.39 is 25.9 Å². The number of benzene rings is 1. The molecule has 0 aliphatic carbocycles. The van der Waals surface area contributed by atoms with Crippen molar-refractivity contribution in [2.24, 2.45) is 11.8 Å². The van der Waals surface area contributed by atoms with E-state index in [9.17, 15) is 9.59 Å². The zero-order valence-electron chi connectivity index (χ0n) is 17.2. The van der Waals surface area contributed by atoms with Gasteiger partial charge in [0, 0.05) is 12.0 Å². The number of carbonyl (C=O) groups is 2. The molecule has 0 saturated carbocycles. The van der Waals surface area contributed by atoms with Crippen molar-refractivity contribution in [3.05, 3.63) is 30.3 Å². The van der Waals surface area contributed by atoms with Crippen molar-refractivity contribution >= 4 is 25.2 Å². The lowest BCUT2D eigenvalue weighted by Gasteiger charge is -2.21. The van der Waals surface area contributed by atoms with Gasteiger partial charge in [-0.2, -0.15) is 0 Å². The molecule has 0 radical (unpaired) electrons. The second kappa shape index (κ2) is 11.6. The van der Waals surface area contributed by atoms with Crippen LogP contribution < -0.4 is 5.19 Å². The van der Waals surface area contributed by atoms with Crippen LogP contribution in [0.15, 0.2) is 30.3 Å². The second-order valence-corrected chi connectivity index (χ2v) is 12.1. The topological polar surface area (TPSA) is 52.6 Å². The highest BCUT2D eigenvalue weighted by molar-refractivity contribution is 6.90. The summed E-state index contributed by atoms with van der Waals surface area (Å²) in [6.45, 7) is 6.68. The third-order valence-electron chi connectivity index (χ3n) is 4.80. The summed E-state index contributed by atoms with van der Waals surface area (Å²) < 4.78 is 9.68. The molecule has 1 unspecified atom stereocenters. The maximum Gasteiger partial charge on any atom is 0.321 e. The lowest BCUT2D eigenvalue weighted by atomic mass is 9.88. The molecule has 0 aliphatic heterocycles. The summed E-state index contributed by atoms with van der Waals surface area (Å²) in [5, 5.41) is 1.35. The van der Waals surface area contributed by atoms with Crippen LogP contribution in [-0.4, -0.2) is 34.2 Å². The van der Waals surface area contributed by atoms with Crippen LogP contribution in [0.25, 0.3) is 0 Å². The van der Waals surface area contributed by atoms with Gasteiger partial charge in [0.15, 0.2) is 5.92 Å². The summed E-state index contributed by atoms with van der Waals surface area (Å²) in [4.78, 5) is 24.4. The molecule has 4 nitrogen and oxygen atoms in total. The molecule has 0 amide bonds. The molecule has 0 bridgehead atoms. The molecule has 5 heteroatoms. The largest absolute Gasteiger partial charge is 0.468 e. The fourth-order valence-corrected chi connectivity index (χ4v) is 4.85. The van der Waals surface area contributed by atoms with Crippen molar-refractivity contribution in [3.8, 4) is 11.8 Å². The van der Waals surface area contributed by atoms with E-state index in [0.29, 0.717) is 6.42 Å². The fraction of sp³-hybridized carbons (Fsp3) is 0.545. The van der Waals surface area contributed by atoms with Crippen molar-refractivity contribution in [1.29, 1.82) is 0 Å². The molecule has 1 aromatic carbocycles. The quantitative estimate of drug-likeness (QED) is 0.212. The number of hydrogen-bond donors (Lipinski definition) is 0. The molecule has 1 rings (SSSR count). The van der Waals surface area contributed by atoms with Crippen molar-refractivity contribution in [2.75, 3.05) is 14.2 Å². The van der Waals surface area contributed by atoms with Gasteiger partial charge in [-0.05, 0) is 6.42 Å². The summed E-state index contributed by atoms with van der Waals surface area (Å²) in [5.74, 6) is 4.00. The lowest BCUT2D eigenvalue weighted by Crippen LogP contribution is -2.40. The van der Waals surface area contributed by atoms with E-state index in [2.05, 4.69) is 56.1 Å². The van der Waals surface area contributed by atoms with E-state index in [-0.39, 0.29) is 5.92 Å². The van der Waals surface area contributed by atoms with Gasteiger partial charge in [-0.25, -0.2) is 0 Å². The number of esters is 2. The first-order valence-corrected chi connectivity index (χ1v) is 12.8. The number of ether oxygens (including phenoxy) is 2. The van der Waals surface area contributed by atoms with Gasteiger partial charge in [0.1, 0.15) is 0 Å². The number of hydrogen-bond acceptors (Lipinski definition) is 4. The summed E-state index contributed by atoms with van der Waals surface area (Å²) in [6.07, 6.45) is 3.70. The van der Waals surface area contributed by atoms with E-state index >= 15 is 0 Å². The molecule has 0 spiro atoms. The Morgan fingerprint density at radius 2 is 1.63 bits per heavy atom. The van der Waals surface area contributed by atoms with E-state index in [1.54, 1.807) is 0 Å². The molecule has 1 aromatic rings. The SMILES string of the molecule is CCCCCC(C#CC[Si](C)(C)c1ccccc1)C(C(=O)OC)C(=O)OC. The lowest BCUT2D eigenvalue weighted by molar-refractivity contribution is -0.160. The number of rotatable bonds is 9. The Bertz CT molecular complexity index is 642. The normalized spacial score (nSPS) is 12.1. The predicted octanol–water partition coefficient (Wildman–Crippen LogP) is 3.76. The van der Waals surface area contributed by atoms with Crippen LogP contribution in [0.2, 0.25) is 19.1 Å².